The molecule has 0 amide bonds. The van der Waals surface area contributed by atoms with Gasteiger partial charge in [-0.15, -0.1) is 0 Å². The number of aromatic hydroxyl groups is 1. The van der Waals surface area contributed by atoms with E-state index in [0.717, 1.165) is 28.2 Å². The van der Waals surface area contributed by atoms with E-state index in [1.54, 1.807) is 18.3 Å². The summed E-state index contributed by atoms with van der Waals surface area (Å²) in [5.41, 5.74) is 3.15. The van der Waals surface area contributed by atoms with Crippen molar-refractivity contribution in [2.45, 2.75) is 20.8 Å². The molecule has 0 aliphatic carbocycles. The number of rotatable bonds is 4. The first kappa shape index (κ1) is 17.9. The number of benzene rings is 2. The predicted octanol–water partition coefficient (Wildman–Crippen LogP) is 3.90. The minimum atomic E-state index is -0.191. The number of aryl methyl sites for hydroxylation is 2. The van der Waals surface area contributed by atoms with Gasteiger partial charge in [0.15, 0.2) is 0 Å². The van der Waals surface area contributed by atoms with Crippen molar-refractivity contribution in [2.75, 3.05) is 6.61 Å². The van der Waals surface area contributed by atoms with Crippen molar-refractivity contribution in [3.63, 3.8) is 0 Å². The van der Waals surface area contributed by atoms with Crippen LogP contribution in [0.3, 0.4) is 0 Å². The van der Waals surface area contributed by atoms with Crippen LogP contribution in [0.2, 0.25) is 0 Å². The molecule has 0 bridgehead atoms. The summed E-state index contributed by atoms with van der Waals surface area (Å²) in [5, 5.41) is 15.3. The normalized spacial score (nSPS) is 11.1. The lowest BCUT2D eigenvalue weighted by atomic mass is 10.2. The zero-order valence-electron chi connectivity index (χ0n) is 16.0. The first-order valence-electron chi connectivity index (χ1n) is 9.14. The number of aromatic nitrogens is 3. The van der Waals surface area contributed by atoms with Crippen LogP contribution in [0, 0.1) is 13.8 Å². The van der Waals surface area contributed by atoms with E-state index < -0.39 is 0 Å². The Labute approximate surface area is 162 Å². The molecule has 4 aromatic rings. The van der Waals surface area contributed by atoms with Crippen molar-refractivity contribution in [1.29, 1.82) is 0 Å². The third-order valence-electron chi connectivity index (χ3n) is 4.88. The smallest absolute Gasteiger partial charge is 0.281 e. The second kappa shape index (κ2) is 6.88. The summed E-state index contributed by atoms with van der Waals surface area (Å²) in [5.74, 6) is 0.932. The van der Waals surface area contributed by atoms with Gasteiger partial charge < -0.3 is 14.4 Å². The fourth-order valence-electron chi connectivity index (χ4n) is 3.61. The van der Waals surface area contributed by atoms with Crippen LogP contribution in [-0.2, 0) is 0 Å². The molecular weight excluding hydrogens is 354 g/mol. The average molecular weight is 375 g/mol. The number of phenolic OH excluding ortho intramolecular Hbond substituents is 1. The van der Waals surface area contributed by atoms with Crippen LogP contribution >= 0.6 is 0 Å². The van der Waals surface area contributed by atoms with Gasteiger partial charge in [0.1, 0.15) is 11.5 Å². The van der Waals surface area contributed by atoms with Crippen molar-refractivity contribution in [1.82, 2.24) is 14.3 Å². The lowest BCUT2D eigenvalue weighted by Crippen LogP contribution is -2.21. The Balaban J connectivity index is 1.94. The molecule has 1 N–H and O–H groups in total. The van der Waals surface area contributed by atoms with Crippen LogP contribution in [0.15, 0.2) is 59.5 Å². The molecule has 0 fully saturated rings. The Hall–Kier alpha value is -3.54. The van der Waals surface area contributed by atoms with Crippen molar-refractivity contribution in [2.24, 2.45) is 0 Å². The van der Waals surface area contributed by atoms with Gasteiger partial charge in [-0.05, 0) is 57.2 Å². The maximum absolute atomic E-state index is 13.2. The van der Waals surface area contributed by atoms with E-state index in [-0.39, 0.29) is 11.3 Å². The summed E-state index contributed by atoms with van der Waals surface area (Å²) in [6.07, 6.45) is 1.72. The fraction of sp³-hybridized carbons (Fsp3) is 0.182. The third kappa shape index (κ3) is 2.83. The molecule has 0 unspecified atom stereocenters. The van der Waals surface area contributed by atoms with Gasteiger partial charge in [0, 0.05) is 28.5 Å². The second-order valence-corrected chi connectivity index (χ2v) is 6.60. The fourth-order valence-corrected chi connectivity index (χ4v) is 3.61. The SMILES string of the molecule is CCOc1cccc(-n2c(C)c3cnn(-c4ccc(O)cc4)c(=O)c3c2C)c1. The summed E-state index contributed by atoms with van der Waals surface area (Å²) in [6.45, 7) is 6.46. The summed E-state index contributed by atoms with van der Waals surface area (Å²) in [4.78, 5) is 13.2. The molecule has 0 atom stereocenters. The second-order valence-electron chi connectivity index (χ2n) is 6.60. The standard InChI is InChI=1S/C22H21N3O3/c1-4-28-19-7-5-6-17(12-19)24-14(2)20-13-23-25(22(27)21(20)15(24)3)16-8-10-18(26)11-9-16/h5-13,26H,4H2,1-3H3. The van der Waals surface area contributed by atoms with Gasteiger partial charge >= 0.3 is 0 Å². The molecule has 0 saturated carbocycles. The van der Waals surface area contributed by atoms with Crippen molar-refractivity contribution < 1.29 is 9.84 Å². The van der Waals surface area contributed by atoms with Crippen molar-refractivity contribution in [3.8, 4) is 22.9 Å². The van der Waals surface area contributed by atoms with Gasteiger partial charge in [-0.25, -0.2) is 0 Å². The molecule has 142 valence electrons. The Morgan fingerprint density at radius 1 is 1.04 bits per heavy atom. The molecule has 6 heteroatoms. The minimum Gasteiger partial charge on any atom is -0.508 e. The highest BCUT2D eigenvalue weighted by molar-refractivity contribution is 5.88. The molecule has 0 radical (unpaired) electrons. The van der Waals surface area contributed by atoms with Gasteiger partial charge in [0.25, 0.3) is 5.56 Å². The largest absolute Gasteiger partial charge is 0.508 e. The van der Waals surface area contributed by atoms with Crippen LogP contribution in [0.4, 0.5) is 0 Å². The predicted molar refractivity (Wildman–Crippen MR) is 109 cm³/mol. The van der Waals surface area contributed by atoms with Crippen molar-refractivity contribution in [3.05, 3.63) is 76.5 Å². The number of hydrogen-bond acceptors (Lipinski definition) is 4. The number of ether oxygens (including phenoxy) is 1. The van der Waals surface area contributed by atoms with Crippen molar-refractivity contribution >= 4 is 10.8 Å². The molecule has 0 spiro atoms. The van der Waals surface area contributed by atoms with Gasteiger partial charge in [0.05, 0.1) is 23.9 Å². The van der Waals surface area contributed by atoms with E-state index in [0.29, 0.717) is 17.7 Å². The molecule has 0 aliphatic heterocycles. The minimum absolute atomic E-state index is 0.144. The van der Waals surface area contributed by atoms with Crippen LogP contribution in [0.1, 0.15) is 18.3 Å². The Kier molecular flexibility index (Phi) is 4.39. The molecule has 0 saturated heterocycles. The maximum Gasteiger partial charge on any atom is 0.281 e. The molecule has 28 heavy (non-hydrogen) atoms. The number of phenols is 1. The van der Waals surface area contributed by atoms with E-state index in [4.69, 9.17) is 4.74 Å². The molecule has 2 aromatic carbocycles. The summed E-state index contributed by atoms with van der Waals surface area (Å²) in [6, 6.07) is 14.2. The van der Waals surface area contributed by atoms with Crippen LogP contribution < -0.4 is 10.3 Å². The number of nitrogens with zero attached hydrogens (tertiary/aromatic N) is 3. The van der Waals surface area contributed by atoms with E-state index in [1.807, 2.05) is 45.0 Å². The van der Waals surface area contributed by atoms with Gasteiger partial charge in [-0.3, -0.25) is 4.79 Å². The first-order chi connectivity index (χ1) is 13.5. The quantitative estimate of drug-likeness (QED) is 0.587. The summed E-state index contributed by atoms with van der Waals surface area (Å²) in [7, 11) is 0. The number of hydrogen-bond donors (Lipinski definition) is 1. The highest BCUT2D eigenvalue weighted by atomic mass is 16.5. The molecule has 2 heterocycles. The van der Waals surface area contributed by atoms with Gasteiger partial charge in [0.2, 0.25) is 0 Å². The van der Waals surface area contributed by atoms with E-state index in [9.17, 15) is 9.90 Å². The zero-order chi connectivity index (χ0) is 19.8. The third-order valence-corrected chi connectivity index (χ3v) is 4.88. The monoisotopic (exact) mass is 375 g/mol. The Morgan fingerprint density at radius 2 is 1.79 bits per heavy atom. The summed E-state index contributed by atoms with van der Waals surface area (Å²) >= 11 is 0. The zero-order valence-corrected chi connectivity index (χ0v) is 16.0. The first-order valence-corrected chi connectivity index (χ1v) is 9.14. The Morgan fingerprint density at radius 3 is 2.50 bits per heavy atom. The highest BCUT2D eigenvalue weighted by Crippen LogP contribution is 2.28. The van der Waals surface area contributed by atoms with Gasteiger partial charge in [-0.2, -0.15) is 9.78 Å². The molecule has 4 rings (SSSR count). The van der Waals surface area contributed by atoms with Crippen LogP contribution in [-0.4, -0.2) is 26.1 Å². The molecular formula is C22H21N3O3. The lowest BCUT2D eigenvalue weighted by Gasteiger charge is -2.11. The number of fused-ring (bicyclic) bond motifs is 1. The average Bonchev–Trinajstić information content (AvgIpc) is 2.94. The molecule has 2 aromatic heterocycles. The molecule has 6 nitrogen and oxygen atoms in total. The maximum atomic E-state index is 13.2. The Bertz CT molecular complexity index is 1220. The van der Waals surface area contributed by atoms with Crippen LogP contribution in [0.25, 0.3) is 22.1 Å². The van der Waals surface area contributed by atoms with E-state index in [1.165, 1.54) is 16.8 Å². The topological polar surface area (TPSA) is 69.3 Å². The van der Waals surface area contributed by atoms with E-state index in [2.05, 4.69) is 9.67 Å². The lowest BCUT2D eigenvalue weighted by molar-refractivity contribution is 0.340. The van der Waals surface area contributed by atoms with Crippen LogP contribution in [0.5, 0.6) is 11.5 Å². The summed E-state index contributed by atoms with van der Waals surface area (Å²) < 4.78 is 9.03. The molecule has 0 aliphatic rings. The van der Waals surface area contributed by atoms with E-state index >= 15 is 0 Å². The van der Waals surface area contributed by atoms with Gasteiger partial charge in [-0.1, -0.05) is 6.07 Å². The highest BCUT2D eigenvalue weighted by Gasteiger charge is 2.18.